The van der Waals surface area contributed by atoms with Gasteiger partial charge in [0.1, 0.15) is 17.3 Å². The zero-order chi connectivity index (χ0) is 13.1. The molecular formula is C12H13N3O3. The molecule has 0 aliphatic heterocycles. The third-order valence-corrected chi connectivity index (χ3v) is 2.54. The molecule has 1 aromatic carbocycles. The molecule has 0 bridgehead atoms. The van der Waals surface area contributed by atoms with Gasteiger partial charge in [0.05, 0.1) is 14.2 Å². The summed E-state index contributed by atoms with van der Waals surface area (Å²) in [5, 5.41) is 0. The summed E-state index contributed by atoms with van der Waals surface area (Å²) in [6.07, 6.45) is 1.42. The number of anilines is 1. The Labute approximate surface area is 103 Å². The lowest BCUT2D eigenvalue weighted by Gasteiger charge is -2.11. The number of aromatic amines is 1. The van der Waals surface area contributed by atoms with Gasteiger partial charge in [0.25, 0.3) is 0 Å². The highest BCUT2D eigenvalue weighted by atomic mass is 16.5. The smallest absolute Gasteiger partial charge is 0.346 e. The van der Waals surface area contributed by atoms with Crippen molar-refractivity contribution >= 4 is 5.82 Å². The van der Waals surface area contributed by atoms with Crippen molar-refractivity contribution in [2.24, 2.45) is 0 Å². The maximum atomic E-state index is 11.0. The first-order valence-corrected chi connectivity index (χ1v) is 5.23. The van der Waals surface area contributed by atoms with Gasteiger partial charge in [0, 0.05) is 23.4 Å². The first-order valence-electron chi connectivity index (χ1n) is 5.23. The zero-order valence-electron chi connectivity index (χ0n) is 10.1. The Morgan fingerprint density at radius 1 is 1.22 bits per heavy atom. The number of ether oxygens (including phenoxy) is 2. The Morgan fingerprint density at radius 3 is 2.61 bits per heavy atom. The fourth-order valence-corrected chi connectivity index (χ4v) is 1.64. The van der Waals surface area contributed by atoms with Gasteiger partial charge in [-0.3, -0.25) is 4.98 Å². The Morgan fingerprint density at radius 2 is 2.00 bits per heavy atom. The molecule has 0 spiro atoms. The first-order chi connectivity index (χ1) is 8.65. The van der Waals surface area contributed by atoms with Crippen LogP contribution in [0.2, 0.25) is 0 Å². The van der Waals surface area contributed by atoms with Gasteiger partial charge in [0.15, 0.2) is 0 Å². The van der Waals surface area contributed by atoms with E-state index in [0.717, 1.165) is 5.56 Å². The maximum absolute atomic E-state index is 11.0. The van der Waals surface area contributed by atoms with Crippen LogP contribution in [0.25, 0.3) is 11.1 Å². The summed E-state index contributed by atoms with van der Waals surface area (Å²) >= 11 is 0. The molecule has 2 rings (SSSR count). The van der Waals surface area contributed by atoms with Crippen LogP contribution in [0.15, 0.2) is 29.2 Å². The largest absolute Gasteiger partial charge is 0.497 e. The van der Waals surface area contributed by atoms with Crippen LogP contribution >= 0.6 is 0 Å². The second-order valence-corrected chi connectivity index (χ2v) is 3.58. The summed E-state index contributed by atoms with van der Waals surface area (Å²) in [6.45, 7) is 0. The topological polar surface area (TPSA) is 90.2 Å². The number of methoxy groups -OCH3 is 2. The number of aromatic nitrogens is 2. The quantitative estimate of drug-likeness (QED) is 0.845. The fourth-order valence-electron chi connectivity index (χ4n) is 1.64. The predicted molar refractivity (Wildman–Crippen MR) is 67.8 cm³/mol. The number of hydrogen-bond acceptors (Lipinski definition) is 5. The number of nitrogens with one attached hydrogen (secondary N) is 1. The summed E-state index contributed by atoms with van der Waals surface area (Å²) in [5.74, 6) is 1.51. The fraction of sp³-hybridized carbons (Fsp3) is 0.167. The Bertz CT molecular complexity index is 622. The molecule has 0 atom stereocenters. The van der Waals surface area contributed by atoms with Crippen LogP contribution in [0.5, 0.6) is 11.5 Å². The SMILES string of the molecule is COc1ccc(-c2cnc(=O)[nH]c2N)c(OC)c1. The van der Waals surface area contributed by atoms with Crippen LogP contribution in [-0.2, 0) is 0 Å². The lowest BCUT2D eigenvalue weighted by Crippen LogP contribution is -2.12. The highest BCUT2D eigenvalue weighted by Crippen LogP contribution is 2.34. The van der Waals surface area contributed by atoms with Gasteiger partial charge < -0.3 is 15.2 Å². The van der Waals surface area contributed by atoms with Crippen molar-refractivity contribution in [3.8, 4) is 22.6 Å². The van der Waals surface area contributed by atoms with E-state index in [1.54, 1.807) is 32.4 Å². The third-order valence-electron chi connectivity index (χ3n) is 2.54. The van der Waals surface area contributed by atoms with Gasteiger partial charge >= 0.3 is 5.69 Å². The van der Waals surface area contributed by atoms with Crippen molar-refractivity contribution < 1.29 is 9.47 Å². The van der Waals surface area contributed by atoms with Crippen molar-refractivity contribution in [1.29, 1.82) is 0 Å². The maximum Gasteiger partial charge on any atom is 0.346 e. The van der Waals surface area contributed by atoms with Gasteiger partial charge in [-0.05, 0) is 12.1 Å². The van der Waals surface area contributed by atoms with E-state index in [2.05, 4.69) is 9.97 Å². The normalized spacial score (nSPS) is 10.1. The molecule has 0 amide bonds. The zero-order valence-corrected chi connectivity index (χ0v) is 10.1. The van der Waals surface area contributed by atoms with E-state index < -0.39 is 5.69 Å². The van der Waals surface area contributed by atoms with E-state index in [4.69, 9.17) is 15.2 Å². The van der Waals surface area contributed by atoms with Gasteiger partial charge in [-0.15, -0.1) is 0 Å². The molecular weight excluding hydrogens is 234 g/mol. The Hall–Kier alpha value is -2.50. The molecule has 1 aromatic heterocycles. The molecule has 0 unspecified atom stereocenters. The van der Waals surface area contributed by atoms with Crippen molar-refractivity contribution in [3.63, 3.8) is 0 Å². The van der Waals surface area contributed by atoms with Crippen molar-refractivity contribution in [3.05, 3.63) is 34.9 Å². The Kier molecular flexibility index (Phi) is 3.18. The average molecular weight is 247 g/mol. The van der Waals surface area contributed by atoms with E-state index in [0.29, 0.717) is 17.1 Å². The van der Waals surface area contributed by atoms with Gasteiger partial charge in [-0.25, -0.2) is 9.78 Å². The van der Waals surface area contributed by atoms with Crippen LogP contribution in [0, 0.1) is 0 Å². The molecule has 0 saturated heterocycles. The molecule has 1 heterocycles. The summed E-state index contributed by atoms with van der Waals surface area (Å²) in [5.41, 5.74) is 6.62. The van der Waals surface area contributed by atoms with E-state index in [9.17, 15) is 4.79 Å². The summed E-state index contributed by atoms with van der Waals surface area (Å²) in [4.78, 5) is 17.1. The van der Waals surface area contributed by atoms with Crippen LogP contribution in [0.4, 0.5) is 5.82 Å². The number of nitrogens with two attached hydrogens (primary N) is 1. The highest BCUT2D eigenvalue weighted by molar-refractivity contribution is 5.78. The average Bonchev–Trinajstić information content (AvgIpc) is 2.38. The Balaban J connectivity index is 2.59. The van der Waals surface area contributed by atoms with Crippen LogP contribution in [0.1, 0.15) is 0 Å². The van der Waals surface area contributed by atoms with Crippen LogP contribution in [0.3, 0.4) is 0 Å². The van der Waals surface area contributed by atoms with Gasteiger partial charge in [-0.2, -0.15) is 0 Å². The lowest BCUT2D eigenvalue weighted by molar-refractivity contribution is 0.395. The van der Waals surface area contributed by atoms with Crippen LogP contribution in [-0.4, -0.2) is 24.2 Å². The monoisotopic (exact) mass is 247 g/mol. The molecule has 3 N–H and O–H groups in total. The van der Waals surface area contributed by atoms with E-state index in [-0.39, 0.29) is 5.82 Å². The minimum Gasteiger partial charge on any atom is -0.497 e. The van der Waals surface area contributed by atoms with Gasteiger partial charge in [0.2, 0.25) is 0 Å². The number of H-pyrrole nitrogens is 1. The molecule has 0 fully saturated rings. The van der Waals surface area contributed by atoms with E-state index in [1.165, 1.54) is 6.20 Å². The minimum atomic E-state index is -0.483. The summed E-state index contributed by atoms with van der Waals surface area (Å²) < 4.78 is 10.4. The number of hydrogen-bond donors (Lipinski definition) is 2. The van der Waals surface area contributed by atoms with Crippen molar-refractivity contribution in [2.45, 2.75) is 0 Å². The molecule has 0 saturated carbocycles. The predicted octanol–water partition coefficient (Wildman–Crippen LogP) is 1.04. The second-order valence-electron chi connectivity index (χ2n) is 3.58. The highest BCUT2D eigenvalue weighted by Gasteiger charge is 2.11. The number of nitrogen functional groups attached to an aromatic ring is 1. The molecule has 0 radical (unpaired) electrons. The van der Waals surface area contributed by atoms with Crippen molar-refractivity contribution in [2.75, 3.05) is 20.0 Å². The first kappa shape index (κ1) is 12.0. The number of benzene rings is 1. The molecule has 18 heavy (non-hydrogen) atoms. The molecule has 0 aliphatic carbocycles. The minimum absolute atomic E-state index is 0.249. The van der Waals surface area contributed by atoms with E-state index in [1.807, 2.05) is 0 Å². The van der Waals surface area contributed by atoms with Crippen LogP contribution < -0.4 is 20.9 Å². The van der Waals surface area contributed by atoms with Gasteiger partial charge in [-0.1, -0.05) is 0 Å². The number of rotatable bonds is 3. The molecule has 94 valence electrons. The van der Waals surface area contributed by atoms with Crippen molar-refractivity contribution in [1.82, 2.24) is 9.97 Å². The summed E-state index contributed by atoms with van der Waals surface area (Å²) in [6, 6.07) is 5.31. The molecule has 2 aromatic rings. The van der Waals surface area contributed by atoms with E-state index >= 15 is 0 Å². The molecule has 6 heteroatoms. The molecule has 0 aliphatic rings. The standard InChI is InChI=1S/C12H13N3O3/c1-17-7-3-4-8(10(5-7)18-2)9-6-14-12(16)15-11(9)13/h3-6H,1-2H3,(H3,13,14,15,16). The summed E-state index contributed by atoms with van der Waals surface area (Å²) in [7, 11) is 3.12. The molecule has 6 nitrogen and oxygen atoms in total. The number of nitrogens with zero attached hydrogens (tertiary/aromatic N) is 1. The third kappa shape index (κ3) is 2.13. The lowest BCUT2D eigenvalue weighted by atomic mass is 10.1. The second kappa shape index (κ2) is 4.79.